The van der Waals surface area contributed by atoms with Crippen molar-refractivity contribution < 1.29 is 22.0 Å². The summed E-state index contributed by atoms with van der Waals surface area (Å²) in [6.45, 7) is 5.19. The molecule has 0 aliphatic heterocycles. The highest BCUT2D eigenvalue weighted by atomic mass is 32.2. The molecular weight excluding hydrogens is 524 g/mol. The minimum atomic E-state index is -3.41. The fraction of sp³-hybridized carbons (Fsp3) is 0.393. The van der Waals surface area contributed by atoms with Crippen LogP contribution in [0.1, 0.15) is 55.1 Å². The Bertz CT molecular complexity index is 1440. The average molecular weight is 558 g/mol. The van der Waals surface area contributed by atoms with Crippen molar-refractivity contribution in [2.45, 2.75) is 57.0 Å². The minimum Gasteiger partial charge on any atom is -0.365 e. The van der Waals surface area contributed by atoms with E-state index < -0.39 is 21.3 Å². The summed E-state index contributed by atoms with van der Waals surface area (Å²) >= 11 is 0. The molecule has 0 bridgehead atoms. The third kappa shape index (κ3) is 7.08. The van der Waals surface area contributed by atoms with Crippen LogP contribution in [0, 0.1) is 11.8 Å². The van der Waals surface area contributed by atoms with Crippen molar-refractivity contribution in [3.8, 4) is 0 Å². The molecule has 1 aromatic heterocycles. The fourth-order valence-electron chi connectivity index (χ4n) is 4.62. The zero-order valence-electron chi connectivity index (χ0n) is 22.3. The number of sulfone groups is 1. The van der Waals surface area contributed by atoms with E-state index in [0.29, 0.717) is 28.7 Å². The monoisotopic (exact) mass is 557 g/mol. The van der Waals surface area contributed by atoms with Crippen molar-refractivity contribution >= 4 is 33.2 Å². The van der Waals surface area contributed by atoms with E-state index in [1.54, 1.807) is 36.4 Å². The molecule has 0 saturated heterocycles. The number of anilines is 3. The number of amides is 1. The van der Waals surface area contributed by atoms with Gasteiger partial charge in [0.15, 0.2) is 9.84 Å². The van der Waals surface area contributed by atoms with Crippen LogP contribution in [0.2, 0.25) is 0 Å². The fourth-order valence-corrected chi connectivity index (χ4v) is 5.32. The maximum Gasteiger partial charge on any atom is 0.275 e. The molecule has 0 spiro atoms. The van der Waals surface area contributed by atoms with Crippen LogP contribution in [0.5, 0.6) is 0 Å². The number of hydrogen-bond acceptors (Lipinski definition) is 7. The Morgan fingerprint density at radius 2 is 1.82 bits per heavy atom. The lowest BCUT2D eigenvalue weighted by Gasteiger charge is -2.19. The summed E-state index contributed by atoms with van der Waals surface area (Å²) in [4.78, 5) is 21.1. The second-order valence-corrected chi connectivity index (χ2v) is 12.3. The molecule has 3 atom stereocenters. The van der Waals surface area contributed by atoms with Gasteiger partial charge in [0.05, 0.1) is 10.5 Å². The standard InChI is InChI=1S/C28H33F2N5O3S/c1-17-8-13-24(18(17)2)34-26(36)20-9-11-21(12-10-20)33-27-32-16-23(28(3,29)30)25(35-27)31-15-19-6-5-7-22(14-19)39(4,37)38/h5-7,9-12,14,16-18,24H,8,13,15H2,1-4H3,(H,34,36)(H2,31,32,33,35). The Balaban J connectivity index is 1.47. The lowest BCUT2D eigenvalue weighted by atomic mass is 9.97. The number of hydrogen-bond donors (Lipinski definition) is 3. The van der Waals surface area contributed by atoms with E-state index in [-0.39, 0.29) is 35.2 Å². The molecular formula is C28H33F2N5O3S. The molecule has 1 aliphatic carbocycles. The van der Waals surface area contributed by atoms with E-state index in [1.807, 2.05) is 0 Å². The van der Waals surface area contributed by atoms with E-state index in [1.165, 1.54) is 12.1 Å². The van der Waals surface area contributed by atoms with Gasteiger partial charge in [0.2, 0.25) is 5.95 Å². The van der Waals surface area contributed by atoms with Gasteiger partial charge in [-0.05, 0) is 66.6 Å². The predicted molar refractivity (Wildman–Crippen MR) is 147 cm³/mol. The second-order valence-electron chi connectivity index (χ2n) is 10.3. The molecule has 3 unspecified atom stereocenters. The zero-order chi connectivity index (χ0) is 28.4. The van der Waals surface area contributed by atoms with Crippen LogP contribution in [0.3, 0.4) is 0 Å². The number of benzene rings is 2. The van der Waals surface area contributed by atoms with E-state index >= 15 is 0 Å². The average Bonchev–Trinajstić information content (AvgIpc) is 3.19. The smallest absolute Gasteiger partial charge is 0.275 e. The molecule has 11 heteroatoms. The van der Waals surface area contributed by atoms with Gasteiger partial charge in [0, 0.05) is 43.2 Å². The summed E-state index contributed by atoms with van der Waals surface area (Å²) in [6, 6.07) is 13.2. The molecule has 3 N–H and O–H groups in total. The lowest BCUT2D eigenvalue weighted by molar-refractivity contribution is 0.0176. The molecule has 4 rings (SSSR count). The molecule has 3 aromatic rings. The number of nitrogens with zero attached hydrogens (tertiary/aromatic N) is 2. The van der Waals surface area contributed by atoms with Gasteiger partial charge < -0.3 is 16.0 Å². The van der Waals surface area contributed by atoms with Crippen LogP contribution >= 0.6 is 0 Å². The van der Waals surface area contributed by atoms with E-state index in [0.717, 1.165) is 32.2 Å². The van der Waals surface area contributed by atoms with Crippen molar-refractivity contribution in [3.63, 3.8) is 0 Å². The third-order valence-corrected chi connectivity index (χ3v) is 8.34. The topological polar surface area (TPSA) is 113 Å². The number of aromatic nitrogens is 2. The van der Waals surface area contributed by atoms with Gasteiger partial charge in [-0.1, -0.05) is 26.0 Å². The predicted octanol–water partition coefficient (Wildman–Crippen LogP) is 5.51. The number of halogens is 2. The Labute approximate surface area is 227 Å². The van der Waals surface area contributed by atoms with Crippen molar-refractivity contribution in [3.05, 3.63) is 71.4 Å². The first-order valence-corrected chi connectivity index (χ1v) is 14.7. The Kier molecular flexibility index (Phi) is 8.20. The van der Waals surface area contributed by atoms with Crippen molar-refractivity contribution in [2.75, 3.05) is 16.9 Å². The van der Waals surface area contributed by atoms with Gasteiger partial charge in [0.1, 0.15) is 5.82 Å². The molecule has 1 saturated carbocycles. The van der Waals surface area contributed by atoms with Gasteiger partial charge in [0.25, 0.3) is 11.8 Å². The molecule has 0 radical (unpaired) electrons. The summed E-state index contributed by atoms with van der Waals surface area (Å²) in [5.41, 5.74) is 1.30. The van der Waals surface area contributed by atoms with Gasteiger partial charge >= 0.3 is 0 Å². The maximum atomic E-state index is 14.3. The maximum absolute atomic E-state index is 14.3. The first-order chi connectivity index (χ1) is 18.3. The largest absolute Gasteiger partial charge is 0.365 e. The number of carbonyl (C=O) groups is 1. The summed E-state index contributed by atoms with van der Waals surface area (Å²) in [5, 5.41) is 8.99. The molecule has 8 nitrogen and oxygen atoms in total. The molecule has 2 aromatic carbocycles. The highest BCUT2D eigenvalue weighted by Gasteiger charge is 2.31. The molecule has 39 heavy (non-hydrogen) atoms. The first-order valence-electron chi connectivity index (χ1n) is 12.8. The van der Waals surface area contributed by atoms with Crippen molar-refractivity contribution in [2.24, 2.45) is 11.8 Å². The molecule has 1 heterocycles. The molecule has 208 valence electrons. The Morgan fingerprint density at radius 3 is 2.44 bits per heavy atom. The van der Waals surface area contributed by atoms with Crippen molar-refractivity contribution in [1.82, 2.24) is 15.3 Å². The van der Waals surface area contributed by atoms with E-state index in [4.69, 9.17) is 0 Å². The van der Waals surface area contributed by atoms with E-state index in [9.17, 15) is 22.0 Å². The number of nitrogens with one attached hydrogen (secondary N) is 3. The number of carbonyl (C=O) groups excluding carboxylic acids is 1. The Hall–Kier alpha value is -3.60. The van der Waals surface area contributed by atoms with Gasteiger partial charge in [-0.15, -0.1) is 0 Å². The normalized spacial score (nSPS) is 19.5. The summed E-state index contributed by atoms with van der Waals surface area (Å²) in [5.74, 6) is -2.33. The molecule has 1 amide bonds. The van der Waals surface area contributed by atoms with Gasteiger partial charge in [-0.2, -0.15) is 4.98 Å². The van der Waals surface area contributed by atoms with Crippen molar-refractivity contribution in [1.29, 1.82) is 0 Å². The quantitative estimate of drug-likeness (QED) is 0.318. The van der Waals surface area contributed by atoms with E-state index in [2.05, 4.69) is 39.8 Å². The first kappa shape index (κ1) is 28.4. The summed E-state index contributed by atoms with van der Waals surface area (Å²) in [7, 11) is -3.41. The highest BCUT2D eigenvalue weighted by molar-refractivity contribution is 7.90. The van der Waals surface area contributed by atoms with Crippen LogP contribution in [0.25, 0.3) is 0 Å². The number of rotatable bonds is 9. The molecule has 1 fully saturated rings. The second kappa shape index (κ2) is 11.3. The van der Waals surface area contributed by atoms with Crippen LogP contribution in [0.4, 0.5) is 26.2 Å². The Morgan fingerprint density at radius 1 is 1.10 bits per heavy atom. The van der Waals surface area contributed by atoms with Crippen LogP contribution < -0.4 is 16.0 Å². The third-order valence-electron chi connectivity index (χ3n) is 7.23. The minimum absolute atomic E-state index is 0.0745. The molecule has 1 aliphatic rings. The summed E-state index contributed by atoms with van der Waals surface area (Å²) in [6.07, 6.45) is 4.22. The van der Waals surface area contributed by atoms with Crippen LogP contribution in [-0.4, -0.2) is 36.6 Å². The van der Waals surface area contributed by atoms with Gasteiger partial charge in [-0.3, -0.25) is 4.79 Å². The number of alkyl halides is 2. The summed E-state index contributed by atoms with van der Waals surface area (Å²) < 4.78 is 52.3. The highest BCUT2D eigenvalue weighted by Crippen LogP contribution is 2.33. The zero-order valence-corrected chi connectivity index (χ0v) is 23.1. The van der Waals surface area contributed by atoms with Gasteiger partial charge in [-0.25, -0.2) is 22.2 Å². The SMILES string of the molecule is CC1CCC(NC(=O)c2ccc(Nc3ncc(C(C)(F)F)c(NCc4cccc(S(C)(=O)=O)c4)n3)cc2)C1C. The van der Waals surface area contributed by atoms with Crippen LogP contribution in [0.15, 0.2) is 59.6 Å². The lowest BCUT2D eigenvalue weighted by Crippen LogP contribution is -2.37. The van der Waals surface area contributed by atoms with Crippen LogP contribution in [-0.2, 0) is 22.3 Å².